The van der Waals surface area contributed by atoms with Crippen LogP contribution in [0.25, 0.3) is 11.4 Å². The lowest BCUT2D eigenvalue weighted by atomic mass is 9.88. The van der Waals surface area contributed by atoms with E-state index < -0.39 is 0 Å². The first-order valence-corrected chi connectivity index (χ1v) is 11.4. The molecule has 5 rings (SSSR count). The number of fused-ring (bicyclic) bond motifs is 1. The van der Waals surface area contributed by atoms with E-state index in [1.807, 2.05) is 31.2 Å². The van der Waals surface area contributed by atoms with Gasteiger partial charge >= 0.3 is 0 Å². The number of aryl methyl sites for hydroxylation is 1. The molecule has 0 atom stereocenters. The van der Waals surface area contributed by atoms with Crippen LogP contribution in [0.4, 0.5) is 5.82 Å². The zero-order valence-electron chi connectivity index (χ0n) is 18.5. The van der Waals surface area contributed by atoms with E-state index >= 15 is 0 Å². The number of Topliss-reactive ketones (excluding diaryl/α,β-unsaturated/α-hetero) is 1. The summed E-state index contributed by atoms with van der Waals surface area (Å²) in [6.45, 7) is 4.52. The number of benzene rings is 1. The topological polar surface area (TPSA) is 97.4 Å². The predicted molar refractivity (Wildman–Crippen MR) is 124 cm³/mol. The molecule has 2 aromatic heterocycles. The Balaban J connectivity index is 1.23. The fourth-order valence-electron chi connectivity index (χ4n) is 4.34. The highest BCUT2D eigenvalue weighted by molar-refractivity contribution is 5.98. The number of hydrogen-bond donors (Lipinski definition) is 1. The number of H-pyrrole nitrogens is 1. The zero-order valence-corrected chi connectivity index (χ0v) is 18.5. The first kappa shape index (κ1) is 21.2. The molecule has 0 saturated carbocycles. The minimum atomic E-state index is -0.161. The molecule has 1 N–H and O–H groups in total. The van der Waals surface area contributed by atoms with Crippen molar-refractivity contribution < 1.29 is 14.3 Å². The Kier molecular flexibility index (Phi) is 5.81. The van der Waals surface area contributed by atoms with E-state index in [0.29, 0.717) is 42.5 Å². The first-order chi connectivity index (χ1) is 16.1. The summed E-state index contributed by atoms with van der Waals surface area (Å²) >= 11 is 0. The molecule has 2 aliphatic heterocycles. The third-order valence-electron chi connectivity index (χ3n) is 6.19. The second kappa shape index (κ2) is 9.05. The van der Waals surface area contributed by atoms with Crippen molar-refractivity contribution in [3.05, 3.63) is 64.2 Å². The molecule has 0 radical (unpaired) electrons. The standard InChI is InChI=1S/C25H26N4O4/c1-2-19-14-23(30)28-25(27-19)18-4-6-22(26-15-18)29-9-7-16(8-10-29)24(31)17-3-5-20-21(13-17)33-12-11-32-20/h3-6,13-16H,2,7-12H2,1H3,(H,27,28,30). The number of rotatable bonds is 5. The molecule has 0 spiro atoms. The number of hydrogen-bond acceptors (Lipinski definition) is 7. The summed E-state index contributed by atoms with van der Waals surface area (Å²) in [5.74, 6) is 2.87. The Morgan fingerprint density at radius 3 is 2.61 bits per heavy atom. The quantitative estimate of drug-likeness (QED) is 0.601. The number of ether oxygens (including phenoxy) is 2. The van der Waals surface area contributed by atoms with E-state index in [2.05, 4.69) is 19.9 Å². The van der Waals surface area contributed by atoms with Crippen LogP contribution in [0.2, 0.25) is 0 Å². The van der Waals surface area contributed by atoms with E-state index in [0.717, 1.165) is 43.0 Å². The van der Waals surface area contributed by atoms with Crippen LogP contribution in [0, 0.1) is 5.92 Å². The molecule has 0 amide bonds. The average molecular weight is 447 g/mol. The van der Waals surface area contributed by atoms with Crippen LogP contribution in [-0.4, -0.2) is 47.0 Å². The van der Waals surface area contributed by atoms with Gasteiger partial charge in [-0.1, -0.05) is 6.92 Å². The number of aromatic nitrogens is 3. The Morgan fingerprint density at radius 1 is 1.09 bits per heavy atom. The fourth-order valence-corrected chi connectivity index (χ4v) is 4.34. The van der Waals surface area contributed by atoms with Gasteiger partial charge in [0.05, 0.1) is 0 Å². The average Bonchev–Trinajstić information content (AvgIpc) is 2.88. The normalized spacial score (nSPS) is 16.0. The Hall–Kier alpha value is -3.68. The summed E-state index contributed by atoms with van der Waals surface area (Å²) in [5.41, 5.74) is 2.04. The largest absolute Gasteiger partial charge is 0.486 e. The summed E-state index contributed by atoms with van der Waals surface area (Å²) in [5, 5.41) is 0. The van der Waals surface area contributed by atoms with Crippen molar-refractivity contribution in [2.45, 2.75) is 26.2 Å². The van der Waals surface area contributed by atoms with Gasteiger partial charge in [-0.25, -0.2) is 9.97 Å². The van der Waals surface area contributed by atoms with Crippen LogP contribution >= 0.6 is 0 Å². The first-order valence-electron chi connectivity index (χ1n) is 11.4. The summed E-state index contributed by atoms with van der Waals surface area (Å²) < 4.78 is 11.2. The van der Waals surface area contributed by atoms with Crippen molar-refractivity contribution >= 4 is 11.6 Å². The second-order valence-corrected chi connectivity index (χ2v) is 8.33. The van der Waals surface area contributed by atoms with E-state index in [-0.39, 0.29) is 17.3 Å². The number of ketones is 1. The number of aromatic amines is 1. The molecule has 2 aliphatic rings. The van der Waals surface area contributed by atoms with Gasteiger partial charge in [-0.05, 0) is 49.6 Å². The number of carbonyl (C=O) groups is 1. The van der Waals surface area contributed by atoms with Crippen LogP contribution in [0.1, 0.15) is 35.8 Å². The number of nitrogens with one attached hydrogen (secondary N) is 1. The third kappa shape index (κ3) is 4.46. The molecule has 170 valence electrons. The predicted octanol–water partition coefficient (Wildman–Crippen LogP) is 3.26. The molecule has 0 unspecified atom stereocenters. The maximum atomic E-state index is 13.0. The maximum Gasteiger partial charge on any atom is 0.251 e. The summed E-state index contributed by atoms with van der Waals surface area (Å²) in [6, 6.07) is 10.8. The Labute approximate surface area is 191 Å². The molecular weight excluding hydrogens is 420 g/mol. The molecule has 4 heterocycles. The summed E-state index contributed by atoms with van der Waals surface area (Å²) in [4.78, 5) is 38.9. The van der Waals surface area contributed by atoms with Gasteiger partial charge in [-0.2, -0.15) is 0 Å². The van der Waals surface area contributed by atoms with Crippen LogP contribution in [-0.2, 0) is 6.42 Å². The Bertz CT molecular complexity index is 1210. The zero-order chi connectivity index (χ0) is 22.8. The van der Waals surface area contributed by atoms with Gasteiger partial charge in [0.1, 0.15) is 24.9 Å². The van der Waals surface area contributed by atoms with E-state index in [1.165, 1.54) is 6.07 Å². The fraction of sp³-hybridized carbons (Fsp3) is 0.360. The van der Waals surface area contributed by atoms with Crippen LogP contribution in [0.3, 0.4) is 0 Å². The molecule has 0 aliphatic carbocycles. The molecule has 8 nitrogen and oxygen atoms in total. The number of anilines is 1. The van der Waals surface area contributed by atoms with E-state index in [4.69, 9.17) is 9.47 Å². The summed E-state index contributed by atoms with van der Waals surface area (Å²) in [7, 11) is 0. The molecule has 33 heavy (non-hydrogen) atoms. The highest BCUT2D eigenvalue weighted by Gasteiger charge is 2.27. The van der Waals surface area contributed by atoms with Crippen molar-refractivity contribution in [1.82, 2.24) is 15.0 Å². The second-order valence-electron chi connectivity index (χ2n) is 8.33. The highest BCUT2D eigenvalue weighted by atomic mass is 16.6. The lowest BCUT2D eigenvalue weighted by molar-refractivity contribution is 0.0899. The van der Waals surface area contributed by atoms with Gasteiger partial charge in [-0.15, -0.1) is 0 Å². The highest BCUT2D eigenvalue weighted by Crippen LogP contribution is 2.33. The number of pyridine rings is 1. The Morgan fingerprint density at radius 2 is 1.88 bits per heavy atom. The van der Waals surface area contributed by atoms with Crippen molar-refractivity contribution in [1.29, 1.82) is 0 Å². The van der Waals surface area contributed by atoms with Gasteiger partial charge < -0.3 is 19.4 Å². The van der Waals surface area contributed by atoms with Gasteiger partial charge in [0.2, 0.25) is 0 Å². The van der Waals surface area contributed by atoms with Crippen molar-refractivity contribution in [3.63, 3.8) is 0 Å². The molecule has 1 fully saturated rings. The van der Waals surface area contributed by atoms with Crippen molar-refractivity contribution in [2.24, 2.45) is 5.92 Å². The van der Waals surface area contributed by atoms with Gasteiger partial charge in [0.15, 0.2) is 17.3 Å². The SMILES string of the molecule is CCc1cc(=O)[nH]c(-c2ccc(N3CCC(C(=O)c4ccc5c(c4)OCCO5)CC3)nc2)n1. The summed E-state index contributed by atoms with van der Waals surface area (Å²) in [6.07, 6.45) is 3.97. The molecule has 8 heteroatoms. The van der Waals surface area contributed by atoms with E-state index in [1.54, 1.807) is 12.3 Å². The smallest absolute Gasteiger partial charge is 0.251 e. The van der Waals surface area contributed by atoms with Crippen molar-refractivity contribution in [2.75, 3.05) is 31.2 Å². The molecular formula is C25H26N4O4. The molecule has 0 bridgehead atoms. The van der Waals surface area contributed by atoms with Crippen molar-refractivity contribution in [3.8, 4) is 22.9 Å². The van der Waals surface area contributed by atoms with Gasteiger partial charge in [0, 0.05) is 48.1 Å². The molecule has 1 saturated heterocycles. The van der Waals surface area contributed by atoms with Crippen LogP contribution in [0.5, 0.6) is 11.5 Å². The number of piperidine rings is 1. The van der Waals surface area contributed by atoms with E-state index in [9.17, 15) is 9.59 Å². The van der Waals surface area contributed by atoms with Crippen LogP contribution in [0.15, 0.2) is 47.4 Å². The minimum Gasteiger partial charge on any atom is -0.486 e. The third-order valence-corrected chi connectivity index (χ3v) is 6.19. The molecule has 3 aromatic rings. The monoisotopic (exact) mass is 446 g/mol. The lowest BCUT2D eigenvalue weighted by Crippen LogP contribution is -2.36. The van der Waals surface area contributed by atoms with Gasteiger partial charge in [0.25, 0.3) is 5.56 Å². The van der Waals surface area contributed by atoms with Gasteiger partial charge in [-0.3, -0.25) is 9.59 Å². The number of nitrogens with zero attached hydrogens (tertiary/aromatic N) is 3. The molecule has 1 aromatic carbocycles. The minimum absolute atomic E-state index is 0.0193. The maximum absolute atomic E-state index is 13.0. The van der Waals surface area contributed by atoms with Crippen LogP contribution < -0.4 is 19.9 Å². The lowest BCUT2D eigenvalue weighted by Gasteiger charge is -2.32. The number of carbonyl (C=O) groups excluding carboxylic acids is 1.